The van der Waals surface area contributed by atoms with Crippen molar-refractivity contribution in [2.45, 2.75) is 57.6 Å². The second-order valence-corrected chi connectivity index (χ2v) is 9.21. The monoisotopic (exact) mass is 447 g/mol. The van der Waals surface area contributed by atoms with Crippen molar-refractivity contribution in [1.29, 1.82) is 0 Å². The molecule has 0 bridgehead atoms. The van der Waals surface area contributed by atoms with Gasteiger partial charge in [0.2, 0.25) is 0 Å². The Labute approximate surface area is 191 Å². The number of nitrogens with two attached hydrogens (primary N) is 1. The van der Waals surface area contributed by atoms with Gasteiger partial charge in [-0.05, 0) is 49.8 Å². The van der Waals surface area contributed by atoms with Gasteiger partial charge >= 0.3 is 0 Å². The molecule has 4 nitrogen and oxygen atoms in total. The number of likely N-dealkylation sites (tertiary alicyclic amines) is 1. The highest BCUT2D eigenvalue weighted by molar-refractivity contribution is 7.78. The number of unbranched alkanes of at least 4 members (excludes halogenated alkanes) is 1. The van der Waals surface area contributed by atoms with Gasteiger partial charge in [-0.2, -0.15) is 0 Å². The second kappa shape index (κ2) is 10.7. The fourth-order valence-electron chi connectivity index (χ4n) is 4.92. The fourth-order valence-corrected chi connectivity index (χ4v) is 5.18. The molecule has 1 aromatic carbocycles. The summed E-state index contributed by atoms with van der Waals surface area (Å²) in [7, 11) is 0. The maximum absolute atomic E-state index is 9.90. The predicted molar refractivity (Wildman–Crippen MR) is 131 cm³/mol. The lowest BCUT2D eigenvalue weighted by atomic mass is 9.81. The van der Waals surface area contributed by atoms with Crippen LogP contribution in [0.2, 0.25) is 5.02 Å². The Kier molecular flexibility index (Phi) is 8.20. The molecular weight excluding hydrogens is 414 g/mol. The molecule has 1 aliphatic heterocycles. The van der Waals surface area contributed by atoms with Crippen molar-refractivity contribution < 1.29 is 5.11 Å². The third kappa shape index (κ3) is 5.19. The molecule has 1 saturated carbocycles. The van der Waals surface area contributed by atoms with Crippen molar-refractivity contribution >= 4 is 35.0 Å². The standard InChI is InChI=1S/C23H31ClN2O.CH3NS/c1-3-4-8-25-19-6-5-17(22(24)13-19)10-16-7-9-26(15(16)2)23-12-18-11-20(27)14-21(18)23;2-1-3/h5-6,12-13,16,20-21,23,25,27H,2-4,7-11,14H2,1H3;1H,(H2,2,3). The maximum Gasteiger partial charge on any atom is 0.0588 e. The molecule has 2 aliphatic carbocycles. The SMILES string of the molecule is C=C1C(Cc2ccc(NCCCC)cc2Cl)CCN1C1C=C2CC(O)CC21.NC=S. The zero-order valence-corrected chi connectivity index (χ0v) is 19.4. The molecule has 0 spiro atoms. The molecule has 0 aromatic heterocycles. The van der Waals surface area contributed by atoms with Crippen molar-refractivity contribution in [3.05, 3.63) is 52.7 Å². The van der Waals surface area contributed by atoms with E-state index in [4.69, 9.17) is 11.6 Å². The van der Waals surface area contributed by atoms with Crippen LogP contribution in [0.5, 0.6) is 0 Å². The minimum absolute atomic E-state index is 0.138. The molecule has 2 fully saturated rings. The van der Waals surface area contributed by atoms with E-state index in [1.165, 1.54) is 29.7 Å². The zero-order chi connectivity index (χ0) is 21.7. The summed E-state index contributed by atoms with van der Waals surface area (Å²) >= 11 is 10.6. The van der Waals surface area contributed by atoms with E-state index < -0.39 is 0 Å². The van der Waals surface area contributed by atoms with Gasteiger partial charge in [0.25, 0.3) is 0 Å². The van der Waals surface area contributed by atoms with Crippen LogP contribution in [0.3, 0.4) is 0 Å². The van der Waals surface area contributed by atoms with E-state index in [0.29, 0.717) is 17.9 Å². The molecule has 4 rings (SSSR count). The molecule has 6 heteroatoms. The van der Waals surface area contributed by atoms with E-state index >= 15 is 0 Å². The number of nitrogens with zero attached hydrogens (tertiary/aromatic N) is 1. The normalized spacial score (nSPS) is 27.0. The van der Waals surface area contributed by atoms with E-state index in [2.05, 4.69) is 65.9 Å². The van der Waals surface area contributed by atoms with Gasteiger partial charge in [-0.3, -0.25) is 0 Å². The van der Waals surface area contributed by atoms with E-state index in [0.717, 1.165) is 55.0 Å². The lowest BCUT2D eigenvalue weighted by molar-refractivity contribution is 0.165. The van der Waals surface area contributed by atoms with Crippen molar-refractivity contribution in [3.8, 4) is 0 Å². The summed E-state index contributed by atoms with van der Waals surface area (Å²) in [5.74, 6) is 1.01. The first-order chi connectivity index (χ1) is 14.5. The molecule has 164 valence electrons. The molecule has 4 atom stereocenters. The predicted octanol–water partition coefficient (Wildman–Crippen LogP) is 4.91. The van der Waals surface area contributed by atoms with Gasteiger partial charge in [0.1, 0.15) is 0 Å². The number of benzene rings is 1. The average Bonchev–Trinajstić information content (AvgIpc) is 3.20. The summed E-state index contributed by atoms with van der Waals surface area (Å²) < 4.78 is 0. The Balaban J connectivity index is 0.000000806. The van der Waals surface area contributed by atoms with Crippen LogP contribution in [0, 0.1) is 11.8 Å². The largest absolute Gasteiger partial charge is 0.396 e. The molecule has 0 radical (unpaired) electrons. The summed E-state index contributed by atoms with van der Waals surface area (Å²) in [4.78, 5) is 2.48. The molecule has 0 amide bonds. The van der Waals surface area contributed by atoms with Gasteiger partial charge in [-0.1, -0.05) is 61.5 Å². The number of aliphatic hydroxyl groups excluding tert-OH is 1. The zero-order valence-electron chi connectivity index (χ0n) is 17.8. The number of hydrogen-bond donors (Lipinski definition) is 3. The van der Waals surface area contributed by atoms with Crippen molar-refractivity contribution in [3.63, 3.8) is 0 Å². The number of thiocarbonyl (C=S) groups is 1. The Morgan fingerprint density at radius 3 is 2.87 bits per heavy atom. The minimum Gasteiger partial charge on any atom is -0.396 e. The third-order valence-electron chi connectivity index (χ3n) is 6.57. The van der Waals surface area contributed by atoms with Crippen molar-refractivity contribution in [2.24, 2.45) is 17.6 Å². The molecule has 4 N–H and O–H groups in total. The smallest absolute Gasteiger partial charge is 0.0588 e. The molecule has 1 aromatic rings. The van der Waals surface area contributed by atoms with Crippen LogP contribution >= 0.6 is 23.8 Å². The lowest BCUT2D eigenvalue weighted by Crippen LogP contribution is -2.41. The number of aliphatic hydroxyl groups is 1. The number of nitrogens with one attached hydrogen (secondary N) is 1. The molecule has 3 aliphatic rings. The highest BCUT2D eigenvalue weighted by Gasteiger charge is 2.45. The van der Waals surface area contributed by atoms with E-state index in [1.807, 2.05) is 0 Å². The number of halogens is 1. The first kappa shape index (κ1) is 23.1. The van der Waals surface area contributed by atoms with Gasteiger partial charge in [-0.25, -0.2) is 0 Å². The minimum atomic E-state index is -0.138. The highest BCUT2D eigenvalue weighted by Crippen LogP contribution is 2.47. The van der Waals surface area contributed by atoms with Gasteiger partial charge < -0.3 is 21.1 Å². The number of hydrogen-bond acceptors (Lipinski definition) is 4. The average molecular weight is 448 g/mol. The highest BCUT2D eigenvalue weighted by atomic mass is 35.5. The van der Waals surface area contributed by atoms with Crippen LogP contribution in [0.1, 0.15) is 44.6 Å². The Morgan fingerprint density at radius 1 is 1.43 bits per heavy atom. The number of rotatable bonds is 7. The van der Waals surface area contributed by atoms with Crippen LogP contribution in [0.15, 0.2) is 42.1 Å². The molecular formula is C24H34ClN3OS. The van der Waals surface area contributed by atoms with Crippen molar-refractivity contribution in [1.82, 2.24) is 4.90 Å². The van der Waals surface area contributed by atoms with Gasteiger partial charge in [0.15, 0.2) is 0 Å². The van der Waals surface area contributed by atoms with Gasteiger partial charge in [0, 0.05) is 41.3 Å². The summed E-state index contributed by atoms with van der Waals surface area (Å²) in [5.41, 5.74) is 10.6. The van der Waals surface area contributed by atoms with Crippen LogP contribution < -0.4 is 11.1 Å². The number of fused-ring (bicyclic) bond motifs is 1. The number of anilines is 1. The molecule has 1 saturated heterocycles. The summed E-state index contributed by atoms with van der Waals surface area (Å²) in [6.45, 7) is 8.69. The van der Waals surface area contributed by atoms with E-state index in [1.54, 1.807) is 0 Å². The fraction of sp³-hybridized carbons (Fsp3) is 0.542. The summed E-state index contributed by atoms with van der Waals surface area (Å²) in [6.07, 6.45) is 8.48. The van der Waals surface area contributed by atoms with E-state index in [-0.39, 0.29) is 6.10 Å². The Morgan fingerprint density at radius 2 is 2.20 bits per heavy atom. The first-order valence-corrected chi connectivity index (χ1v) is 11.8. The second-order valence-electron chi connectivity index (χ2n) is 8.53. The number of allylic oxidation sites excluding steroid dienone is 1. The van der Waals surface area contributed by atoms with Gasteiger partial charge in [-0.15, -0.1) is 0 Å². The maximum atomic E-state index is 9.90. The third-order valence-corrected chi connectivity index (χ3v) is 6.92. The lowest BCUT2D eigenvalue weighted by Gasteiger charge is -2.40. The first-order valence-electron chi connectivity index (χ1n) is 11.0. The molecule has 1 heterocycles. The molecule has 30 heavy (non-hydrogen) atoms. The van der Waals surface area contributed by atoms with Crippen LogP contribution in [-0.4, -0.2) is 40.7 Å². The van der Waals surface area contributed by atoms with Crippen LogP contribution in [0.4, 0.5) is 5.69 Å². The quantitative estimate of drug-likeness (QED) is 0.315. The summed E-state index contributed by atoms with van der Waals surface area (Å²) in [5, 5.41) is 14.2. The van der Waals surface area contributed by atoms with Crippen LogP contribution in [-0.2, 0) is 6.42 Å². The van der Waals surface area contributed by atoms with Crippen LogP contribution in [0.25, 0.3) is 0 Å². The molecule has 4 unspecified atom stereocenters. The Hall–Kier alpha value is -1.56. The topological polar surface area (TPSA) is 61.5 Å². The van der Waals surface area contributed by atoms with E-state index in [9.17, 15) is 5.11 Å². The Bertz CT molecular complexity index is 797. The summed E-state index contributed by atoms with van der Waals surface area (Å²) in [6, 6.07) is 6.83. The van der Waals surface area contributed by atoms with Crippen molar-refractivity contribution in [2.75, 3.05) is 18.4 Å². The van der Waals surface area contributed by atoms with Gasteiger partial charge in [0.05, 0.1) is 17.6 Å².